The number of amides is 2. The molecule has 7 heteroatoms. The summed E-state index contributed by atoms with van der Waals surface area (Å²) in [6.07, 6.45) is 0.888. The second kappa shape index (κ2) is 10.1. The van der Waals surface area contributed by atoms with E-state index >= 15 is 0 Å². The summed E-state index contributed by atoms with van der Waals surface area (Å²) in [6.45, 7) is 1.57. The molecular formula is C23H28N2O5. The number of hydrogen-bond donors (Lipinski definition) is 1. The van der Waals surface area contributed by atoms with Crippen LogP contribution in [0.25, 0.3) is 0 Å². The zero-order chi connectivity index (χ0) is 21.5. The first-order chi connectivity index (χ1) is 14.6. The zero-order valence-corrected chi connectivity index (χ0v) is 17.6. The number of nitrogens with one attached hydrogen (secondary N) is 1. The number of fused-ring (bicyclic) bond motifs is 1. The SMILES string of the molecule is COCCCNC(=O)C[C@H](c1ccc(OC)c(OC)c1)N1Cc2ccccc2C1=O. The Kier molecular flexibility index (Phi) is 7.30. The molecule has 1 atom stereocenters. The first kappa shape index (κ1) is 21.6. The van der Waals surface area contributed by atoms with Crippen LogP contribution in [0, 0.1) is 0 Å². The fourth-order valence-electron chi connectivity index (χ4n) is 3.69. The Bertz CT molecular complexity index is 899. The summed E-state index contributed by atoms with van der Waals surface area (Å²) in [4.78, 5) is 27.5. The molecule has 160 valence electrons. The van der Waals surface area contributed by atoms with Crippen LogP contribution in [0.5, 0.6) is 11.5 Å². The van der Waals surface area contributed by atoms with Crippen molar-refractivity contribution in [2.24, 2.45) is 0 Å². The Balaban J connectivity index is 1.86. The van der Waals surface area contributed by atoms with Gasteiger partial charge in [0.2, 0.25) is 5.91 Å². The monoisotopic (exact) mass is 412 g/mol. The molecule has 2 aromatic carbocycles. The number of carbonyl (C=O) groups is 2. The molecule has 0 unspecified atom stereocenters. The number of carbonyl (C=O) groups excluding carboxylic acids is 2. The van der Waals surface area contributed by atoms with Crippen molar-refractivity contribution >= 4 is 11.8 Å². The van der Waals surface area contributed by atoms with Gasteiger partial charge in [-0.15, -0.1) is 0 Å². The average molecular weight is 412 g/mol. The third-order valence-electron chi connectivity index (χ3n) is 5.24. The predicted molar refractivity (Wildman–Crippen MR) is 113 cm³/mol. The Hall–Kier alpha value is -3.06. The number of nitrogens with zero attached hydrogens (tertiary/aromatic N) is 1. The quantitative estimate of drug-likeness (QED) is 0.607. The van der Waals surface area contributed by atoms with Crippen LogP contribution in [0.4, 0.5) is 0 Å². The highest BCUT2D eigenvalue weighted by Crippen LogP contribution is 2.37. The van der Waals surface area contributed by atoms with Gasteiger partial charge in [0.05, 0.1) is 26.7 Å². The van der Waals surface area contributed by atoms with Crippen LogP contribution in [0.3, 0.4) is 0 Å². The number of methoxy groups -OCH3 is 3. The van der Waals surface area contributed by atoms with Crippen LogP contribution in [-0.4, -0.2) is 51.2 Å². The Morgan fingerprint density at radius 3 is 2.57 bits per heavy atom. The van der Waals surface area contributed by atoms with Gasteiger partial charge in [-0.3, -0.25) is 9.59 Å². The predicted octanol–water partition coefficient (Wildman–Crippen LogP) is 2.94. The second-order valence-corrected chi connectivity index (χ2v) is 7.12. The molecule has 2 amide bonds. The number of hydrogen-bond acceptors (Lipinski definition) is 5. The maximum atomic E-state index is 13.1. The van der Waals surface area contributed by atoms with Crippen LogP contribution < -0.4 is 14.8 Å². The van der Waals surface area contributed by atoms with Gasteiger partial charge < -0.3 is 24.4 Å². The van der Waals surface area contributed by atoms with E-state index in [1.165, 1.54) is 0 Å². The van der Waals surface area contributed by atoms with E-state index in [1.54, 1.807) is 32.3 Å². The van der Waals surface area contributed by atoms with E-state index in [1.807, 2.05) is 36.4 Å². The molecule has 0 bridgehead atoms. The molecule has 3 rings (SSSR count). The molecule has 7 nitrogen and oxygen atoms in total. The summed E-state index contributed by atoms with van der Waals surface area (Å²) in [5, 5.41) is 2.92. The van der Waals surface area contributed by atoms with Gasteiger partial charge in [-0.25, -0.2) is 0 Å². The van der Waals surface area contributed by atoms with E-state index in [9.17, 15) is 9.59 Å². The number of ether oxygens (including phenoxy) is 3. The number of rotatable bonds is 10. The number of benzene rings is 2. The van der Waals surface area contributed by atoms with Crippen LogP contribution in [0.15, 0.2) is 42.5 Å². The van der Waals surface area contributed by atoms with E-state index in [4.69, 9.17) is 14.2 Å². The topological polar surface area (TPSA) is 77.1 Å². The summed E-state index contributed by atoms with van der Waals surface area (Å²) in [5.41, 5.74) is 2.47. The smallest absolute Gasteiger partial charge is 0.255 e. The molecule has 1 N–H and O–H groups in total. The fraction of sp³-hybridized carbons (Fsp3) is 0.391. The van der Waals surface area contributed by atoms with Gasteiger partial charge in [0, 0.05) is 32.4 Å². The van der Waals surface area contributed by atoms with Crippen molar-refractivity contribution in [3.8, 4) is 11.5 Å². The highest BCUT2D eigenvalue weighted by Gasteiger charge is 2.34. The Morgan fingerprint density at radius 2 is 1.87 bits per heavy atom. The van der Waals surface area contributed by atoms with E-state index in [-0.39, 0.29) is 18.2 Å². The lowest BCUT2D eigenvalue weighted by molar-refractivity contribution is -0.122. The first-order valence-corrected chi connectivity index (χ1v) is 9.95. The molecule has 0 spiro atoms. The molecule has 0 aliphatic carbocycles. The van der Waals surface area contributed by atoms with Crippen LogP contribution in [0.2, 0.25) is 0 Å². The van der Waals surface area contributed by atoms with Gasteiger partial charge >= 0.3 is 0 Å². The molecular weight excluding hydrogens is 384 g/mol. The molecule has 2 aromatic rings. The minimum absolute atomic E-state index is 0.0717. The molecule has 30 heavy (non-hydrogen) atoms. The maximum Gasteiger partial charge on any atom is 0.255 e. The summed E-state index contributed by atoms with van der Waals surface area (Å²) in [5.74, 6) is 0.969. The fourth-order valence-corrected chi connectivity index (χ4v) is 3.69. The summed E-state index contributed by atoms with van der Waals surface area (Å²) in [6, 6.07) is 12.6. The van der Waals surface area contributed by atoms with Gasteiger partial charge in [-0.1, -0.05) is 24.3 Å². The van der Waals surface area contributed by atoms with Gasteiger partial charge in [0.1, 0.15) is 0 Å². The van der Waals surface area contributed by atoms with Crippen LogP contribution in [-0.2, 0) is 16.1 Å². The average Bonchev–Trinajstić information content (AvgIpc) is 3.11. The lowest BCUT2D eigenvalue weighted by Crippen LogP contribution is -2.34. The molecule has 1 aliphatic rings. The molecule has 0 aromatic heterocycles. The van der Waals surface area contributed by atoms with Crippen molar-refractivity contribution in [1.82, 2.24) is 10.2 Å². The van der Waals surface area contributed by atoms with E-state index in [0.29, 0.717) is 36.8 Å². The minimum Gasteiger partial charge on any atom is -0.493 e. The van der Waals surface area contributed by atoms with Crippen molar-refractivity contribution in [3.05, 3.63) is 59.2 Å². The lowest BCUT2D eigenvalue weighted by atomic mass is 10.0. The molecule has 0 saturated heterocycles. The maximum absolute atomic E-state index is 13.1. The van der Waals surface area contributed by atoms with Crippen molar-refractivity contribution < 1.29 is 23.8 Å². The van der Waals surface area contributed by atoms with Gasteiger partial charge in [0.25, 0.3) is 5.91 Å². The summed E-state index contributed by atoms with van der Waals surface area (Å²) < 4.78 is 15.8. The standard InChI is InChI=1S/C23H28N2O5/c1-28-12-6-11-24-22(26)14-19(16-9-10-20(29-2)21(13-16)30-3)25-15-17-7-4-5-8-18(17)23(25)27/h4-5,7-10,13,19H,6,11-12,14-15H2,1-3H3,(H,24,26)/t19-/m1/s1. The van der Waals surface area contributed by atoms with E-state index in [2.05, 4.69) is 5.32 Å². The summed E-state index contributed by atoms with van der Waals surface area (Å²) in [7, 11) is 4.77. The van der Waals surface area contributed by atoms with E-state index in [0.717, 1.165) is 17.5 Å². The minimum atomic E-state index is -0.424. The largest absolute Gasteiger partial charge is 0.493 e. The van der Waals surface area contributed by atoms with Gasteiger partial charge in [0.15, 0.2) is 11.5 Å². The van der Waals surface area contributed by atoms with Gasteiger partial charge in [-0.05, 0) is 35.7 Å². The molecule has 1 aliphatic heterocycles. The van der Waals surface area contributed by atoms with Crippen molar-refractivity contribution in [1.29, 1.82) is 0 Å². The van der Waals surface area contributed by atoms with Crippen molar-refractivity contribution in [2.45, 2.75) is 25.4 Å². The molecule has 0 fully saturated rings. The Morgan fingerprint density at radius 1 is 1.10 bits per heavy atom. The molecule has 1 heterocycles. The third kappa shape index (κ3) is 4.74. The van der Waals surface area contributed by atoms with Crippen LogP contribution >= 0.6 is 0 Å². The normalized spacial score (nSPS) is 13.7. The first-order valence-electron chi connectivity index (χ1n) is 9.95. The summed E-state index contributed by atoms with van der Waals surface area (Å²) >= 11 is 0. The molecule has 0 radical (unpaired) electrons. The highest BCUT2D eigenvalue weighted by atomic mass is 16.5. The van der Waals surface area contributed by atoms with E-state index < -0.39 is 6.04 Å². The molecule has 0 saturated carbocycles. The lowest BCUT2D eigenvalue weighted by Gasteiger charge is -2.28. The van der Waals surface area contributed by atoms with Crippen molar-refractivity contribution in [3.63, 3.8) is 0 Å². The van der Waals surface area contributed by atoms with Crippen molar-refractivity contribution in [2.75, 3.05) is 34.5 Å². The highest BCUT2D eigenvalue weighted by molar-refractivity contribution is 5.98. The third-order valence-corrected chi connectivity index (χ3v) is 5.24. The second-order valence-electron chi connectivity index (χ2n) is 7.12. The van der Waals surface area contributed by atoms with Gasteiger partial charge in [-0.2, -0.15) is 0 Å². The Labute approximate surface area is 176 Å². The zero-order valence-electron chi connectivity index (χ0n) is 17.6. The van der Waals surface area contributed by atoms with Crippen LogP contribution in [0.1, 0.15) is 40.4 Å².